The molecule has 39 heavy (non-hydrogen) atoms. The molecule has 3 amide bonds. The van der Waals surface area contributed by atoms with Gasteiger partial charge in [0.15, 0.2) is 0 Å². The molecule has 4 rings (SSSR count). The number of likely N-dealkylation sites (tertiary alicyclic amines) is 1. The molecule has 1 aromatic heterocycles. The second-order valence-electron chi connectivity index (χ2n) is 8.92. The molecule has 2 fully saturated rings. The maximum Gasteiger partial charge on any atom is 0.490 e. The van der Waals surface area contributed by atoms with E-state index in [0.29, 0.717) is 38.2 Å². The number of urea groups is 1. The minimum atomic E-state index is -5.08. The smallest absolute Gasteiger partial charge is 0.479 e. The molecule has 1 unspecified atom stereocenters. The second-order valence-corrected chi connectivity index (χ2v) is 8.92. The Balaban J connectivity index is 0.000000532. The molecule has 0 bridgehead atoms. The molecule has 4 N–H and O–H groups in total. The highest BCUT2D eigenvalue weighted by Crippen LogP contribution is 2.33. The number of amides is 3. The minimum absolute atomic E-state index is 0.0505. The summed E-state index contributed by atoms with van der Waals surface area (Å²) in [5.41, 5.74) is 0.838. The van der Waals surface area contributed by atoms with E-state index in [1.54, 1.807) is 10.9 Å². The lowest BCUT2D eigenvalue weighted by molar-refractivity contribution is -0.192. The van der Waals surface area contributed by atoms with Gasteiger partial charge in [-0.05, 0) is 43.5 Å². The lowest BCUT2D eigenvalue weighted by atomic mass is 9.90. The van der Waals surface area contributed by atoms with Gasteiger partial charge in [0.1, 0.15) is 12.1 Å². The number of carboxylic acids is 2. The van der Waals surface area contributed by atoms with Crippen LogP contribution in [0, 0.1) is 0 Å². The second kappa shape index (κ2) is 12.0. The minimum Gasteiger partial charge on any atom is -0.479 e. The zero-order chi connectivity index (χ0) is 28.8. The molecule has 0 radical (unpaired) electrons. The third-order valence-electron chi connectivity index (χ3n) is 6.36. The van der Waals surface area contributed by atoms with Crippen LogP contribution in [0.3, 0.4) is 0 Å². The Morgan fingerprint density at radius 2 is 1.79 bits per heavy atom. The molecule has 2 aliphatic heterocycles. The van der Waals surface area contributed by atoms with Crippen molar-refractivity contribution < 1.29 is 42.6 Å². The fraction of sp³-hybridized carbons (Fsp3) is 0.478. The molecular weight excluding hydrogens is 527 g/mol. The van der Waals surface area contributed by atoms with Crippen LogP contribution in [0.4, 0.5) is 23.7 Å². The number of hydrogen-bond acceptors (Lipinski definition) is 7. The maximum atomic E-state index is 13.1. The Morgan fingerprint density at radius 3 is 2.36 bits per heavy atom. The quantitative estimate of drug-likeness (QED) is 0.394. The fourth-order valence-corrected chi connectivity index (χ4v) is 4.39. The first kappa shape index (κ1) is 29.2. The molecule has 1 atom stereocenters. The van der Waals surface area contributed by atoms with Crippen molar-refractivity contribution in [1.82, 2.24) is 30.1 Å². The molecular formula is C23H28F3N7O6. The van der Waals surface area contributed by atoms with Crippen LogP contribution in [-0.4, -0.2) is 104 Å². The molecule has 0 saturated carbocycles. The van der Waals surface area contributed by atoms with Crippen molar-refractivity contribution in [3.8, 4) is 5.69 Å². The van der Waals surface area contributed by atoms with Crippen molar-refractivity contribution >= 4 is 29.6 Å². The van der Waals surface area contributed by atoms with Crippen molar-refractivity contribution in [3.63, 3.8) is 0 Å². The van der Waals surface area contributed by atoms with Gasteiger partial charge in [-0.2, -0.15) is 13.2 Å². The summed E-state index contributed by atoms with van der Waals surface area (Å²) < 4.78 is 33.3. The lowest BCUT2D eigenvalue weighted by Gasteiger charge is -2.36. The van der Waals surface area contributed by atoms with Crippen molar-refractivity contribution in [1.29, 1.82) is 0 Å². The number of anilines is 1. The number of carbonyl (C=O) groups excluding carboxylic acids is 2. The third kappa shape index (κ3) is 6.94. The van der Waals surface area contributed by atoms with Crippen LogP contribution in [0.1, 0.15) is 25.0 Å². The Kier molecular flexibility index (Phi) is 8.98. The molecule has 16 heteroatoms. The van der Waals surface area contributed by atoms with E-state index in [-0.39, 0.29) is 24.9 Å². The first-order valence-electron chi connectivity index (χ1n) is 11.9. The average Bonchev–Trinajstić information content (AvgIpc) is 3.53. The molecule has 2 saturated heterocycles. The number of hydrogen-bond donors (Lipinski definition) is 4. The van der Waals surface area contributed by atoms with Crippen molar-refractivity contribution in [3.05, 3.63) is 36.2 Å². The van der Waals surface area contributed by atoms with Gasteiger partial charge in [0.2, 0.25) is 5.91 Å². The summed E-state index contributed by atoms with van der Waals surface area (Å²) in [6.45, 7) is 1.26. The molecule has 0 spiro atoms. The van der Waals surface area contributed by atoms with E-state index >= 15 is 0 Å². The SMILES string of the molecule is CNc1ccc(-n2cc(CC3(C(=O)O)CCCN3C(=O)CN3CCCNC3=O)nn2)cc1.O=C(O)C(F)(F)F. The van der Waals surface area contributed by atoms with Crippen molar-refractivity contribution in [2.24, 2.45) is 0 Å². The summed E-state index contributed by atoms with van der Waals surface area (Å²) in [5.74, 6) is -4.19. The van der Waals surface area contributed by atoms with Crippen molar-refractivity contribution in [2.45, 2.75) is 37.4 Å². The van der Waals surface area contributed by atoms with Gasteiger partial charge in [-0.3, -0.25) is 4.79 Å². The number of halogens is 3. The van der Waals surface area contributed by atoms with Gasteiger partial charge in [0, 0.05) is 38.8 Å². The van der Waals surface area contributed by atoms with E-state index in [4.69, 9.17) is 9.90 Å². The van der Waals surface area contributed by atoms with Crippen LogP contribution in [0.5, 0.6) is 0 Å². The lowest BCUT2D eigenvalue weighted by Crippen LogP contribution is -2.58. The molecule has 3 heterocycles. The number of nitrogens with one attached hydrogen (secondary N) is 2. The highest BCUT2D eigenvalue weighted by atomic mass is 19.4. The van der Waals surface area contributed by atoms with Gasteiger partial charge < -0.3 is 30.6 Å². The van der Waals surface area contributed by atoms with Crippen LogP contribution in [0.15, 0.2) is 30.5 Å². The van der Waals surface area contributed by atoms with Crippen molar-refractivity contribution in [2.75, 3.05) is 38.5 Å². The predicted molar refractivity (Wildman–Crippen MR) is 129 cm³/mol. The summed E-state index contributed by atoms with van der Waals surface area (Å²) in [6, 6.07) is 7.28. The third-order valence-corrected chi connectivity index (χ3v) is 6.36. The number of benzene rings is 1. The zero-order valence-electron chi connectivity index (χ0n) is 20.9. The standard InChI is InChI=1S/C21H27N7O4.C2HF3O2/c1-22-15-4-6-17(7-5-15)28-13-16(24-25-28)12-21(19(30)31)8-2-11-27(21)18(29)14-26-10-3-9-23-20(26)32;3-2(4,5)1(6)7/h4-7,13,22H,2-3,8-12,14H2,1H3,(H,23,32)(H,30,31);(H,6,7). The zero-order valence-corrected chi connectivity index (χ0v) is 20.9. The Hall–Kier alpha value is -4.37. The summed E-state index contributed by atoms with van der Waals surface area (Å²) in [6.07, 6.45) is -1.69. The van der Waals surface area contributed by atoms with Crippen LogP contribution < -0.4 is 10.6 Å². The van der Waals surface area contributed by atoms with Gasteiger partial charge in [0.25, 0.3) is 0 Å². The molecule has 2 aromatic rings. The normalized spacial score (nSPS) is 19.1. The summed E-state index contributed by atoms with van der Waals surface area (Å²) in [4.78, 5) is 49.2. The number of aromatic nitrogens is 3. The van der Waals surface area contributed by atoms with Gasteiger partial charge in [-0.15, -0.1) is 5.10 Å². The monoisotopic (exact) mass is 555 g/mol. The van der Waals surface area contributed by atoms with Crippen LogP contribution in [0.25, 0.3) is 5.69 Å². The fourth-order valence-electron chi connectivity index (χ4n) is 4.39. The Morgan fingerprint density at radius 1 is 1.13 bits per heavy atom. The average molecular weight is 556 g/mol. The summed E-state index contributed by atoms with van der Waals surface area (Å²) >= 11 is 0. The van der Waals surface area contributed by atoms with Gasteiger partial charge in [-0.1, -0.05) is 5.21 Å². The topological polar surface area (TPSA) is 170 Å². The van der Waals surface area contributed by atoms with E-state index in [1.165, 1.54) is 9.80 Å². The van der Waals surface area contributed by atoms with E-state index in [0.717, 1.165) is 17.8 Å². The molecule has 212 valence electrons. The number of alkyl halides is 3. The van der Waals surface area contributed by atoms with Crippen LogP contribution >= 0.6 is 0 Å². The van der Waals surface area contributed by atoms with E-state index in [1.807, 2.05) is 31.3 Å². The van der Waals surface area contributed by atoms with Gasteiger partial charge in [0.05, 0.1) is 17.6 Å². The van der Waals surface area contributed by atoms with Gasteiger partial charge >= 0.3 is 24.1 Å². The number of carboxylic acid groups (broad SMARTS) is 2. The number of nitrogens with zero attached hydrogens (tertiary/aromatic N) is 5. The Bertz CT molecular complexity index is 1200. The Labute approximate surface area is 220 Å². The van der Waals surface area contributed by atoms with Crippen LogP contribution in [0.2, 0.25) is 0 Å². The summed E-state index contributed by atoms with van der Waals surface area (Å²) in [7, 11) is 1.83. The largest absolute Gasteiger partial charge is 0.490 e. The molecule has 2 aliphatic rings. The number of rotatable bonds is 7. The highest BCUT2D eigenvalue weighted by Gasteiger charge is 2.50. The van der Waals surface area contributed by atoms with Crippen LogP contribution in [-0.2, 0) is 20.8 Å². The summed E-state index contributed by atoms with van der Waals surface area (Å²) in [5, 5.41) is 31.3. The van der Waals surface area contributed by atoms with Gasteiger partial charge in [-0.25, -0.2) is 19.1 Å². The predicted octanol–water partition coefficient (Wildman–Crippen LogP) is 1.35. The number of carbonyl (C=O) groups is 4. The highest BCUT2D eigenvalue weighted by molar-refractivity contribution is 5.90. The molecule has 1 aromatic carbocycles. The first-order valence-corrected chi connectivity index (χ1v) is 11.9. The van der Waals surface area contributed by atoms with E-state index < -0.39 is 23.7 Å². The van der Waals surface area contributed by atoms with E-state index in [9.17, 15) is 32.7 Å². The van der Waals surface area contributed by atoms with E-state index in [2.05, 4.69) is 20.9 Å². The maximum absolute atomic E-state index is 13.1. The molecule has 0 aliphatic carbocycles. The first-order chi connectivity index (χ1) is 18.4. The number of aliphatic carboxylic acids is 2. The molecule has 13 nitrogen and oxygen atoms in total.